The Labute approximate surface area is 199 Å². The molecule has 3 N–H and O–H groups in total. The molecule has 13 heteroatoms. The Balaban J connectivity index is 1.37. The number of nitrogens with two attached hydrogens (primary N) is 1. The maximum Gasteiger partial charge on any atom is 0.416 e. The van der Waals surface area contributed by atoms with E-state index in [0.717, 1.165) is 35.1 Å². The molecule has 35 heavy (non-hydrogen) atoms. The summed E-state index contributed by atoms with van der Waals surface area (Å²) in [6.45, 7) is 0.0939. The van der Waals surface area contributed by atoms with Gasteiger partial charge in [0, 0.05) is 36.3 Å². The molecule has 1 unspecified atom stereocenters. The van der Waals surface area contributed by atoms with E-state index in [1.807, 2.05) is 0 Å². The maximum atomic E-state index is 14.3. The molecule has 192 valence electrons. The molecule has 0 spiro atoms. The van der Waals surface area contributed by atoms with Gasteiger partial charge in [0.1, 0.15) is 23.0 Å². The third kappa shape index (κ3) is 4.47. The molecule has 0 bridgehead atoms. The predicted molar refractivity (Wildman–Crippen MR) is 116 cm³/mol. The summed E-state index contributed by atoms with van der Waals surface area (Å²) in [5.41, 5.74) is 6.77. The average molecular weight is 522 g/mol. The minimum Gasteiger partial charge on any atom is -0.357 e. The van der Waals surface area contributed by atoms with Crippen LogP contribution in [0.4, 0.5) is 22.0 Å². The Morgan fingerprint density at radius 1 is 1.17 bits per heavy atom. The molecule has 5 rings (SSSR count). The number of hydrogen-bond donors (Lipinski definition) is 1. The fraction of sp³-hybridized carbons (Fsp3) is 0.591. The van der Waals surface area contributed by atoms with Gasteiger partial charge in [-0.05, 0) is 37.5 Å². The number of benzene rings is 1. The Hall–Kier alpha value is -2.09. The summed E-state index contributed by atoms with van der Waals surface area (Å²) >= 11 is 0. The minimum atomic E-state index is -4.78. The number of halogens is 5. The lowest BCUT2D eigenvalue weighted by Gasteiger charge is -2.44. The van der Waals surface area contributed by atoms with Crippen LogP contribution in [0.25, 0.3) is 0 Å². The van der Waals surface area contributed by atoms with Gasteiger partial charge in [0.25, 0.3) is 0 Å². The summed E-state index contributed by atoms with van der Waals surface area (Å²) in [6.07, 6.45) is -4.26. The average Bonchev–Trinajstić information content (AvgIpc) is 3.51. The van der Waals surface area contributed by atoms with E-state index in [1.165, 1.54) is 11.1 Å². The number of fused-ring (bicyclic) bond motifs is 1. The van der Waals surface area contributed by atoms with Gasteiger partial charge in [-0.15, -0.1) is 4.09 Å². The monoisotopic (exact) mass is 521 g/mol. The summed E-state index contributed by atoms with van der Waals surface area (Å²) in [5, 5.41) is 3.86. The maximum absolute atomic E-state index is 14.3. The Kier molecular flexibility index (Phi) is 6.17. The molecule has 2 aliphatic heterocycles. The number of hydrogen-bond acceptors (Lipinski definition) is 5. The quantitative estimate of drug-likeness (QED) is 0.491. The van der Waals surface area contributed by atoms with E-state index in [0.29, 0.717) is 24.1 Å². The Bertz CT molecular complexity index is 1190. The Morgan fingerprint density at radius 2 is 1.89 bits per heavy atom. The van der Waals surface area contributed by atoms with E-state index in [-0.39, 0.29) is 25.1 Å². The molecule has 2 aromatic rings. The van der Waals surface area contributed by atoms with Crippen molar-refractivity contribution in [3.63, 3.8) is 0 Å². The molecule has 1 aromatic carbocycles. The standard InChI is InChI=1S/C22H25F5N4O3S/c23-13-5-6-16(24)15(7-13)20-17(28)8-19(21(34-20)22(25,26)27)30-9-12-10-31(29-18(12)11-30)35(32,33)14-3-1-2-4-14/h5-7,10,14,17,19-21H,1-4,8-9,11,28H2/p+1/t17-,19+,20+,21-/m0/s1. The van der Waals surface area contributed by atoms with Crippen molar-refractivity contribution in [1.82, 2.24) is 14.1 Å². The summed E-state index contributed by atoms with van der Waals surface area (Å²) in [4.78, 5) is 1.52. The zero-order valence-electron chi connectivity index (χ0n) is 18.6. The zero-order chi connectivity index (χ0) is 25.1. The van der Waals surface area contributed by atoms with Crippen molar-refractivity contribution in [1.29, 1.82) is 0 Å². The predicted octanol–water partition coefficient (Wildman–Crippen LogP) is 3.54. The van der Waals surface area contributed by atoms with Gasteiger partial charge in [-0.3, -0.25) is 4.90 Å². The third-order valence-corrected chi connectivity index (χ3v) is 9.25. The van der Waals surface area contributed by atoms with Crippen LogP contribution in [-0.4, -0.2) is 52.1 Å². The van der Waals surface area contributed by atoms with E-state index < -0.39 is 57.4 Å². The lowest BCUT2D eigenvalue weighted by Crippen LogP contribution is -2.58. The number of ether oxygens (including phenoxy) is 1. The molecule has 3 aliphatic rings. The van der Waals surface area contributed by atoms with E-state index in [2.05, 4.69) is 5.10 Å². The van der Waals surface area contributed by atoms with Crippen LogP contribution in [0.15, 0.2) is 24.4 Å². The highest BCUT2D eigenvalue weighted by Gasteiger charge is 2.54. The van der Waals surface area contributed by atoms with Crippen LogP contribution in [0.3, 0.4) is 0 Å². The molecule has 1 saturated carbocycles. The molecule has 0 radical (unpaired) electrons. The first-order valence-electron chi connectivity index (χ1n) is 11.5. The number of nitrogens with zero attached hydrogens (tertiary/aromatic N) is 3. The molecule has 5 atom stereocenters. The van der Waals surface area contributed by atoms with Crippen molar-refractivity contribution in [2.75, 3.05) is 0 Å². The fourth-order valence-corrected chi connectivity index (χ4v) is 7.16. The van der Waals surface area contributed by atoms with Gasteiger partial charge in [0.2, 0.25) is 0 Å². The molecular formula is C22H26F5N4O3S+. The van der Waals surface area contributed by atoms with Crippen molar-refractivity contribution in [2.45, 2.75) is 80.9 Å². The van der Waals surface area contributed by atoms with Crippen LogP contribution in [0.2, 0.25) is 0 Å². The van der Waals surface area contributed by atoms with Crippen molar-refractivity contribution in [2.24, 2.45) is 5.73 Å². The number of alkyl halides is 3. The summed E-state index contributed by atoms with van der Waals surface area (Å²) in [7, 11) is -3.40. The first kappa shape index (κ1) is 24.6. The zero-order valence-corrected chi connectivity index (χ0v) is 19.4. The van der Waals surface area contributed by atoms with Gasteiger partial charge in [-0.25, -0.2) is 13.0 Å². The lowest BCUT2D eigenvalue weighted by atomic mass is 9.89. The molecule has 3 heterocycles. The van der Waals surface area contributed by atoms with Gasteiger partial charge >= 0.3 is 16.2 Å². The summed E-state index contributed by atoms with van der Waals surface area (Å²) < 4.78 is 100.0. The largest absolute Gasteiger partial charge is 0.416 e. The highest BCUT2D eigenvalue weighted by molar-refractivity contribution is 7.90. The van der Waals surface area contributed by atoms with Crippen LogP contribution in [-0.2, 0) is 27.8 Å². The topological polar surface area (TPSA) is 94.8 Å². The van der Waals surface area contributed by atoms with Crippen LogP contribution in [0.5, 0.6) is 0 Å². The second kappa shape index (κ2) is 8.79. The van der Waals surface area contributed by atoms with Crippen LogP contribution >= 0.6 is 0 Å². The van der Waals surface area contributed by atoms with Crippen molar-refractivity contribution >= 4 is 10.0 Å². The van der Waals surface area contributed by atoms with Crippen molar-refractivity contribution in [3.05, 3.63) is 52.9 Å². The highest BCUT2D eigenvalue weighted by atomic mass is 32.2. The van der Waals surface area contributed by atoms with E-state index in [1.54, 1.807) is 0 Å². The number of rotatable bonds is 4. The molecule has 1 aromatic heterocycles. The normalized spacial score (nSPS) is 29.9. The van der Waals surface area contributed by atoms with Gasteiger partial charge in [-0.1, -0.05) is 12.8 Å². The molecule has 2 fully saturated rings. The molecule has 1 aliphatic carbocycles. The van der Waals surface area contributed by atoms with Crippen molar-refractivity contribution in [3.8, 4) is 0 Å². The molecule has 1 saturated heterocycles. The minimum absolute atomic E-state index is 0.0227. The SMILES string of the molecule is N[C@H]1C[C@@H](N2Cc3cn(S(=O)(=[OH+])C4CCCC4)nc3C2)[C@@H](C(F)(F)F)O[C@@H]1c1cc(F)ccc1F. The van der Waals surface area contributed by atoms with Crippen LogP contribution < -0.4 is 5.73 Å². The fourth-order valence-electron chi connectivity index (χ4n) is 5.42. The highest BCUT2D eigenvalue weighted by Crippen LogP contribution is 2.42. The Morgan fingerprint density at radius 3 is 2.54 bits per heavy atom. The summed E-state index contributed by atoms with van der Waals surface area (Å²) in [5.74, 6) is -1.70. The summed E-state index contributed by atoms with van der Waals surface area (Å²) in [6, 6.07) is 0.307. The van der Waals surface area contributed by atoms with Gasteiger partial charge in [0.05, 0.1) is 11.9 Å². The smallest absolute Gasteiger partial charge is 0.357 e. The first-order chi connectivity index (χ1) is 16.4. The van der Waals surface area contributed by atoms with Gasteiger partial charge in [0.15, 0.2) is 6.10 Å². The van der Waals surface area contributed by atoms with E-state index >= 15 is 0 Å². The lowest BCUT2D eigenvalue weighted by molar-refractivity contribution is -0.269. The second-order valence-corrected chi connectivity index (χ2v) is 11.6. The van der Waals surface area contributed by atoms with Gasteiger partial charge < -0.3 is 10.5 Å². The van der Waals surface area contributed by atoms with Crippen LogP contribution in [0.1, 0.15) is 55.0 Å². The van der Waals surface area contributed by atoms with Crippen LogP contribution in [0, 0.1) is 11.6 Å². The number of aromatic nitrogens is 2. The van der Waals surface area contributed by atoms with E-state index in [9.17, 15) is 30.4 Å². The van der Waals surface area contributed by atoms with Gasteiger partial charge in [-0.2, -0.15) is 22.5 Å². The second-order valence-electron chi connectivity index (χ2n) is 9.50. The third-order valence-electron chi connectivity index (χ3n) is 7.19. The first-order valence-corrected chi connectivity index (χ1v) is 13.0. The molecule has 7 nitrogen and oxygen atoms in total. The van der Waals surface area contributed by atoms with Crippen molar-refractivity contribution < 1.29 is 35.1 Å². The van der Waals surface area contributed by atoms with E-state index in [4.69, 9.17) is 10.5 Å². The molecule has 0 amide bonds. The molecular weight excluding hydrogens is 495 g/mol.